The van der Waals surface area contributed by atoms with E-state index in [0.717, 1.165) is 23.0 Å². The van der Waals surface area contributed by atoms with Crippen LogP contribution in [0.3, 0.4) is 0 Å². The number of rotatable bonds is 8. The summed E-state index contributed by atoms with van der Waals surface area (Å²) in [4.78, 5) is 34.8. The highest BCUT2D eigenvalue weighted by atomic mass is 16.5. The fourth-order valence-corrected chi connectivity index (χ4v) is 3.09. The first-order chi connectivity index (χ1) is 13.9. The number of likely N-dealkylation sites (N-methyl/N-ethyl adjacent to an activating group) is 1. The van der Waals surface area contributed by atoms with Crippen molar-refractivity contribution in [1.29, 1.82) is 0 Å². The first kappa shape index (κ1) is 20.7. The lowest BCUT2D eigenvalue weighted by atomic mass is 10.1. The summed E-state index contributed by atoms with van der Waals surface area (Å²) in [5, 5.41) is 3.77. The zero-order valence-electron chi connectivity index (χ0n) is 17.3. The molecular weight excluding hydrogens is 370 g/mol. The number of carbonyl (C=O) groups excluding carboxylic acids is 2. The monoisotopic (exact) mass is 397 g/mol. The Balaban J connectivity index is 1.82. The van der Waals surface area contributed by atoms with Crippen LogP contribution >= 0.6 is 0 Å². The van der Waals surface area contributed by atoms with E-state index in [4.69, 9.17) is 4.74 Å². The van der Waals surface area contributed by atoms with Gasteiger partial charge < -0.3 is 19.5 Å². The average molecular weight is 397 g/mol. The van der Waals surface area contributed by atoms with Crippen molar-refractivity contribution in [2.45, 2.75) is 27.3 Å². The Hall–Kier alpha value is -3.00. The molecule has 0 bridgehead atoms. The highest BCUT2D eigenvalue weighted by molar-refractivity contribution is 6.09. The first-order valence-corrected chi connectivity index (χ1v) is 9.75. The summed E-state index contributed by atoms with van der Waals surface area (Å²) in [7, 11) is 1.69. The van der Waals surface area contributed by atoms with Gasteiger partial charge in [-0.2, -0.15) is 0 Å². The van der Waals surface area contributed by atoms with Crippen molar-refractivity contribution in [3.63, 3.8) is 0 Å². The maximum Gasteiger partial charge on any atom is 0.251 e. The number of carbonyl (C=O) groups is 2. The van der Waals surface area contributed by atoms with Gasteiger partial charge in [-0.05, 0) is 18.9 Å². The Morgan fingerprint density at radius 3 is 2.72 bits per heavy atom. The van der Waals surface area contributed by atoms with Crippen LogP contribution in [0, 0.1) is 5.92 Å². The minimum absolute atomic E-state index is 0.138. The number of hydrogen-bond donors (Lipinski definition) is 1. The lowest BCUT2D eigenvalue weighted by Crippen LogP contribution is -2.31. The van der Waals surface area contributed by atoms with Crippen molar-refractivity contribution >= 4 is 39.6 Å². The third-order valence-electron chi connectivity index (χ3n) is 4.63. The summed E-state index contributed by atoms with van der Waals surface area (Å²) in [6.45, 7) is 7.20. The second-order valence-electron chi connectivity index (χ2n) is 7.41. The Morgan fingerprint density at radius 2 is 2.00 bits per heavy atom. The quantitative estimate of drug-likeness (QED) is 0.631. The molecule has 0 aliphatic heterocycles. The van der Waals surface area contributed by atoms with Crippen LogP contribution in [-0.2, 0) is 20.9 Å². The van der Waals surface area contributed by atoms with Gasteiger partial charge in [0.15, 0.2) is 5.82 Å². The molecule has 8 heteroatoms. The topological polar surface area (TPSA) is 89.3 Å². The first-order valence-electron chi connectivity index (χ1n) is 9.75. The van der Waals surface area contributed by atoms with Crippen molar-refractivity contribution in [2.75, 3.05) is 32.1 Å². The summed E-state index contributed by atoms with van der Waals surface area (Å²) in [5.41, 5.74) is 2.36. The third-order valence-corrected chi connectivity index (χ3v) is 4.63. The van der Waals surface area contributed by atoms with Gasteiger partial charge >= 0.3 is 0 Å². The standard InChI is InChI=1S/C21H27N5O3/c1-5-25(4)18(28)12-29-11-17(27)24-21-19-20(26(13-22-19)10-14(2)3)15-8-6-7-9-16(15)23-21/h6-9,13-14H,5,10-12H2,1-4H3,(H,23,24,27). The molecule has 0 aliphatic rings. The van der Waals surface area contributed by atoms with Crippen LogP contribution in [0.5, 0.6) is 0 Å². The summed E-state index contributed by atoms with van der Waals surface area (Å²) in [6.07, 6.45) is 1.78. The van der Waals surface area contributed by atoms with Crippen LogP contribution in [0.4, 0.5) is 5.82 Å². The maximum atomic E-state index is 12.4. The molecule has 1 aromatic carbocycles. The van der Waals surface area contributed by atoms with Crippen molar-refractivity contribution in [1.82, 2.24) is 19.4 Å². The molecule has 0 radical (unpaired) electrons. The predicted octanol–water partition coefficient (Wildman–Crippen LogP) is 2.67. The Morgan fingerprint density at radius 1 is 1.24 bits per heavy atom. The van der Waals surface area contributed by atoms with E-state index < -0.39 is 0 Å². The molecule has 1 N–H and O–H groups in total. The SMILES string of the molecule is CCN(C)C(=O)COCC(=O)Nc1nc2ccccc2c2c1ncn2CC(C)C. The molecule has 0 unspecified atom stereocenters. The van der Waals surface area contributed by atoms with Crippen molar-refractivity contribution in [3.8, 4) is 0 Å². The van der Waals surface area contributed by atoms with Crippen LogP contribution in [0.1, 0.15) is 20.8 Å². The van der Waals surface area contributed by atoms with E-state index in [1.807, 2.05) is 31.2 Å². The van der Waals surface area contributed by atoms with Gasteiger partial charge in [-0.25, -0.2) is 9.97 Å². The minimum atomic E-state index is -0.376. The van der Waals surface area contributed by atoms with Crippen LogP contribution in [0.25, 0.3) is 21.9 Å². The van der Waals surface area contributed by atoms with Gasteiger partial charge in [0.1, 0.15) is 18.7 Å². The summed E-state index contributed by atoms with van der Waals surface area (Å²) in [6, 6.07) is 7.79. The Bertz CT molecular complexity index is 1030. The fourth-order valence-electron chi connectivity index (χ4n) is 3.09. The largest absolute Gasteiger partial charge is 0.362 e. The number of nitrogens with zero attached hydrogens (tertiary/aromatic N) is 4. The van der Waals surface area contributed by atoms with Crippen LogP contribution < -0.4 is 5.32 Å². The number of hydrogen-bond acceptors (Lipinski definition) is 5. The lowest BCUT2D eigenvalue weighted by Gasteiger charge is -2.14. The van der Waals surface area contributed by atoms with Crippen LogP contribution in [0.2, 0.25) is 0 Å². The van der Waals surface area contributed by atoms with Crippen molar-refractivity contribution in [3.05, 3.63) is 30.6 Å². The molecule has 2 amide bonds. The van der Waals surface area contributed by atoms with Crippen molar-refractivity contribution < 1.29 is 14.3 Å². The van der Waals surface area contributed by atoms with Gasteiger partial charge in [0, 0.05) is 25.5 Å². The van der Waals surface area contributed by atoms with E-state index in [1.165, 1.54) is 4.90 Å². The van der Waals surface area contributed by atoms with E-state index >= 15 is 0 Å². The molecular formula is C21H27N5O3. The van der Waals surface area contributed by atoms with Gasteiger partial charge in [0.2, 0.25) is 5.91 Å². The lowest BCUT2D eigenvalue weighted by molar-refractivity contribution is -0.136. The number of pyridine rings is 1. The van der Waals surface area contributed by atoms with Gasteiger partial charge in [-0.3, -0.25) is 9.59 Å². The van der Waals surface area contributed by atoms with E-state index in [-0.39, 0.29) is 25.0 Å². The number of imidazole rings is 1. The number of anilines is 1. The highest BCUT2D eigenvalue weighted by Gasteiger charge is 2.17. The molecule has 3 rings (SSSR count). The smallest absolute Gasteiger partial charge is 0.251 e. The van der Waals surface area contributed by atoms with E-state index in [9.17, 15) is 9.59 Å². The zero-order valence-corrected chi connectivity index (χ0v) is 17.3. The number of ether oxygens (including phenoxy) is 1. The van der Waals surface area contributed by atoms with E-state index in [2.05, 4.69) is 33.7 Å². The Kier molecular flexibility index (Phi) is 6.43. The fraction of sp³-hybridized carbons (Fsp3) is 0.429. The number of para-hydroxylation sites is 1. The maximum absolute atomic E-state index is 12.4. The summed E-state index contributed by atoms with van der Waals surface area (Å²) >= 11 is 0. The number of fused-ring (bicyclic) bond motifs is 3. The number of amides is 2. The summed E-state index contributed by atoms with van der Waals surface area (Å²) in [5.74, 6) is 0.301. The number of aromatic nitrogens is 3. The van der Waals surface area contributed by atoms with Gasteiger partial charge in [0.25, 0.3) is 5.91 Å². The molecule has 29 heavy (non-hydrogen) atoms. The molecule has 2 heterocycles. The van der Waals surface area contributed by atoms with Gasteiger partial charge in [-0.1, -0.05) is 32.0 Å². The zero-order chi connectivity index (χ0) is 21.0. The number of nitrogens with one attached hydrogen (secondary N) is 1. The summed E-state index contributed by atoms with van der Waals surface area (Å²) < 4.78 is 7.35. The molecule has 0 saturated heterocycles. The third kappa shape index (κ3) is 4.71. The van der Waals surface area contributed by atoms with E-state index in [0.29, 0.717) is 23.8 Å². The van der Waals surface area contributed by atoms with E-state index in [1.54, 1.807) is 13.4 Å². The molecule has 0 fully saturated rings. The Labute approximate surface area is 169 Å². The van der Waals surface area contributed by atoms with Gasteiger partial charge in [-0.15, -0.1) is 0 Å². The molecule has 0 saturated carbocycles. The second-order valence-corrected chi connectivity index (χ2v) is 7.41. The molecule has 0 atom stereocenters. The van der Waals surface area contributed by atoms with Crippen molar-refractivity contribution in [2.24, 2.45) is 5.92 Å². The average Bonchev–Trinajstić information content (AvgIpc) is 3.11. The molecule has 0 aliphatic carbocycles. The predicted molar refractivity (Wildman–Crippen MR) is 113 cm³/mol. The molecule has 3 aromatic rings. The second kappa shape index (κ2) is 9.00. The molecule has 2 aromatic heterocycles. The normalized spacial score (nSPS) is 11.3. The molecule has 8 nitrogen and oxygen atoms in total. The highest BCUT2D eigenvalue weighted by Crippen LogP contribution is 2.29. The van der Waals surface area contributed by atoms with Gasteiger partial charge in [0.05, 0.1) is 17.4 Å². The number of benzene rings is 1. The van der Waals surface area contributed by atoms with Crippen LogP contribution in [0.15, 0.2) is 30.6 Å². The van der Waals surface area contributed by atoms with Crippen LogP contribution in [-0.4, -0.2) is 58.1 Å². The molecule has 154 valence electrons. The molecule has 0 spiro atoms. The minimum Gasteiger partial charge on any atom is -0.362 e.